The van der Waals surface area contributed by atoms with E-state index in [0.717, 1.165) is 5.56 Å². The molecule has 0 bridgehead atoms. The van der Waals surface area contributed by atoms with Gasteiger partial charge >= 0.3 is 5.97 Å². The molecule has 1 amide bonds. The Kier molecular flexibility index (Phi) is 5.65. The van der Waals surface area contributed by atoms with Crippen LogP contribution in [0.1, 0.15) is 24.9 Å². The quantitative estimate of drug-likeness (QED) is 0.637. The number of carbonyl (C=O) groups is 2. The van der Waals surface area contributed by atoms with E-state index in [0.29, 0.717) is 17.3 Å². The Bertz CT molecular complexity index is 916. The van der Waals surface area contributed by atoms with Crippen LogP contribution in [-0.4, -0.2) is 28.1 Å². The molecule has 0 saturated carbocycles. The van der Waals surface area contributed by atoms with Crippen LogP contribution in [-0.2, 0) is 20.7 Å². The van der Waals surface area contributed by atoms with Gasteiger partial charge in [-0.1, -0.05) is 35.5 Å². The van der Waals surface area contributed by atoms with Gasteiger partial charge in [0.25, 0.3) is 5.91 Å². The average molecular weight is 369 g/mol. The second kappa shape index (κ2) is 8.31. The highest BCUT2D eigenvalue weighted by atomic mass is 16.5. The number of anilines is 1. The Morgan fingerprint density at radius 2 is 2.04 bits per heavy atom. The zero-order chi connectivity index (χ0) is 19.2. The summed E-state index contributed by atoms with van der Waals surface area (Å²) in [7, 11) is 0. The summed E-state index contributed by atoms with van der Waals surface area (Å²) in [6.07, 6.45) is 0.980. The monoisotopic (exact) mass is 369 g/mol. The molecule has 2 aromatic heterocycles. The molecule has 3 rings (SSSR count). The van der Waals surface area contributed by atoms with Crippen molar-refractivity contribution in [2.24, 2.45) is 0 Å². The molecule has 8 nitrogen and oxygen atoms in total. The van der Waals surface area contributed by atoms with Gasteiger partial charge < -0.3 is 13.7 Å². The van der Waals surface area contributed by atoms with E-state index in [1.165, 1.54) is 6.92 Å². The first-order valence-corrected chi connectivity index (χ1v) is 8.45. The first-order valence-electron chi connectivity index (χ1n) is 8.45. The van der Waals surface area contributed by atoms with Gasteiger partial charge in [-0.05, 0) is 13.8 Å². The summed E-state index contributed by atoms with van der Waals surface area (Å²) in [5.74, 6) is 0.246. The zero-order valence-corrected chi connectivity index (χ0v) is 15.0. The smallest absolute Gasteiger partial charge is 0.307 e. The fourth-order valence-electron chi connectivity index (χ4n) is 2.33. The van der Waals surface area contributed by atoms with E-state index in [1.807, 2.05) is 30.3 Å². The van der Waals surface area contributed by atoms with Gasteiger partial charge in [-0.3, -0.25) is 14.9 Å². The third-order valence-electron chi connectivity index (χ3n) is 3.71. The number of aromatic nitrogens is 2. The van der Waals surface area contributed by atoms with Gasteiger partial charge in [0.05, 0.1) is 18.3 Å². The van der Waals surface area contributed by atoms with Crippen molar-refractivity contribution < 1.29 is 23.3 Å². The van der Waals surface area contributed by atoms with E-state index in [2.05, 4.69) is 15.5 Å². The molecule has 0 aliphatic rings. The van der Waals surface area contributed by atoms with Crippen LogP contribution in [0.2, 0.25) is 0 Å². The molecule has 1 N–H and O–H groups in total. The van der Waals surface area contributed by atoms with Gasteiger partial charge in [0.1, 0.15) is 0 Å². The molecular formula is C19H19N3O5. The van der Waals surface area contributed by atoms with Crippen LogP contribution in [0.3, 0.4) is 0 Å². The van der Waals surface area contributed by atoms with Gasteiger partial charge in [-0.15, -0.1) is 0 Å². The molecule has 140 valence electrons. The van der Waals surface area contributed by atoms with E-state index in [4.69, 9.17) is 13.7 Å². The molecule has 0 unspecified atom stereocenters. The van der Waals surface area contributed by atoms with Crippen molar-refractivity contribution in [2.75, 3.05) is 5.32 Å². The lowest BCUT2D eigenvalue weighted by Crippen LogP contribution is -2.29. The van der Waals surface area contributed by atoms with Crippen molar-refractivity contribution in [3.63, 3.8) is 0 Å². The van der Waals surface area contributed by atoms with Crippen molar-refractivity contribution in [1.82, 2.24) is 10.1 Å². The van der Waals surface area contributed by atoms with Gasteiger partial charge in [-0.25, -0.2) is 4.98 Å². The average Bonchev–Trinajstić information content (AvgIpc) is 3.29. The highest BCUT2D eigenvalue weighted by Gasteiger charge is 2.19. The van der Waals surface area contributed by atoms with Crippen LogP contribution in [0, 0.1) is 6.92 Å². The molecule has 0 aliphatic carbocycles. The Morgan fingerprint density at radius 1 is 1.26 bits per heavy atom. The van der Waals surface area contributed by atoms with Crippen LogP contribution < -0.4 is 5.32 Å². The number of carbonyl (C=O) groups excluding carboxylic acids is 2. The van der Waals surface area contributed by atoms with Crippen LogP contribution in [0.4, 0.5) is 5.88 Å². The van der Waals surface area contributed by atoms with Crippen LogP contribution in [0.15, 0.2) is 51.5 Å². The van der Waals surface area contributed by atoms with Crippen molar-refractivity contribution in [3.05, 3.63) is 54.2 Å². The summed E-state index contributed by atoms with van der Waals surface area (Å²) in [5, 5.41) is 6.15. The lowest BCUT2D eigenvalue weighted by atomic mass is 10.2. The fraction of sp³-hybridized carbons (Fsp3) is 0.263. The first kappa shape index (κ1) is 18.4. The SMILES string of the molecule is Cc1cc(NC(=O)[C@@H](C)OC(=O)CCc2ncc(-c3ccccc3)o2)on1. The molecule has 3 aromatic rings. The van der Waals surface area contributed by atoms with Crippen molar-refractivity contribution in [2.45, 2.75) is 32.8 Å². The van der Waals surface area contributed by atoms with E-state index in [9.17, 15) is 9.59 Å². The van der Waals surface area contributed by atoms with Gasteiger partial charge in [0.2, 0.25) is 5.88 Å². The molecule has 0 aliphatic heterocycles. The molecule has 0 radical (unpaired) electrons. The maximum atomic E-state index is 12.0. The molecule has 27 heavy (non-hydrogen) atoms. The summed E-state index contributed by atoms with van der Waals surface area (Å²) in [5.41, 5.74) is 1.54. The van der Waals surface area contributed by atoms with E-state index in [1.54, 1.807) is 19.2 Å². The number of nitrogens with one attached hydrogen (secondary N) is 1. The maximum Gasteiger partial charge on any atom is 0.307 e. The molecular weight excluding hydrogens is 350 g/mol. The molecule has 2 heterocycles. The van der Waals surface area contributed by atoms with Crippen molar-refractivity contribution in [3.8, 4) is 11.3 Å². The number of hydrogen-bond donors (Lipinski definition) is 1. The van der Waals surface area contributed by atoms with Crippen LogP contribution in [0.25, 0.3) is 11.3 Å². The predicted molar refractivity (Wildman–Crippen MR) is 95.7 cm³/mol. The molecule has 0 spiro atoms. The topological polar surface area (TPSA) is 107 Å². The third kappa shape index (κ3) is 5.04. The summed E-state index contributed by atoms with van der Waals surface area (Å²) >= 11 is 0. The summed E-state index contributed by atoms with van der Waals surface area (Å²) < 4.78 is 15.6. The van der Waals surface area contributed by atoms with Crippen LogP contribution in [0.5, 0.6) is 0 Å². The zero-order valence-electron chi connectivity index (χ0n) is 15.0. The van der Waals surface area contributed by atoms with Gasteiger partial charge in [0, 0.05) is 18.1 Å². The molecule has 1 aromatic carbocycles. The fourth-order valence-corrected chi connectivity index (χ4v) is 2.33. The number of hydrogen-bond acceptors (Lipinski definition) is 7. The normalized spacial score (nSPS) is 11.8. The number of rotatable bonds is 7. The van der Waals surface area contributed by atoms with Crippen molar-refractivity contribution in [1.29, 1.82) is 0 Å². The molecule has 0 saturated heterocycles. The molecule has 0 fully saturated rings. The maximum absolute atomic E-state index is 12.0. The van der Waals surface area contributed by atoms with E-state index in [-0.39, 0.29) is 18.7 Å². The second-order valence-corrected chi connectivity index (χ2v) is 5.94. The lowest BCUT2D eigenvalue weighted by Gasteiger charge is -2.11. The number of benzene rings is 1. The van der Waals surface area contributed by atoms with E-state index >= 15 is 0 Å². The van der Waals surface area contributed by atoms with Gasteiger partial charge in [-0.2, -0.15) is 0 Å². The molecule has 8 heteroatoms. The van der Waals surface area contributed by atoms with Crippen LogP contribution >= 0.6 is 0 Å². The Hall–Kier alpha value is -3.42. The Balaban J connectivity index is 1.46. The number of ether oxygens (including phenoxy) is 1. The van der Waals surface area contributed by atoms with Crippen molar-refractivity contribution >= 4 is 17.8 Å². The van der Waals surface area contributed by atoms with E-state index < -0.39 is 18.0 Å². The lowest BCUT2D eigenvalue weighted by molar-refractivity contribution is -0.153. The third-order valence-corrected chi connectivity index (χ3v) is 3.71. The summed E-state index contributed by atoms with van der Waals surface area (Å²) in [6.45, 7) is 3.21. The minimum absolute atomic E-state index is 0.0494. The first-order chi connectivity index (χ1) is 13.0. The standard InChI is InChI=1S/C19H19N3O5/c1-12-10-17(27-22-12)21-19(24)13(2)25-18(23)9-8-16-20-11-15(26-16)14-6-4-3-5-7-14/h3-7,10-11,13H,8-9H2,1-2H3,(H,21,24)/t13-/m1/s1. The number of esters is 1. The number of oxazole rings is 1. The van der Waals surface area contributed by atoms with Gasteiger partial charge in [0.15, 0.2) is 17.8 Å². The highest BCUT2D eigenvalue weighted by molar-refractivity contribution is 5.94. The summed E-state index contributed by atoms with van der Waals surface area (Å²) in [6, 6.07) is 11.1. The minimum atomic E-state index is -0.965. The second-order valence-electron chi connectivity index (χ2n) is 5.94. The number of amides is 1. The number of nitrogens with zero attached hydrogens (tertiary/aromatic N) is 2. The largest absolute Gasteiger partial charge is 0.453 e. The minimum Gasteiger partial charge on any atom is -0.453 e. The molecule has 1 atom stereocenters. The highest BCUT2D eigenvalue weighted by Crippen LogP contribution is 2.20. The Labute approximate surface area is 155 Å². The summed E-state index contributed by atoms with van der Waals surface area (Å²) in [4.78, 5) is 28.1. The number of aryl methyl sites for hydroxylation is 2. The Morgan fingerprint density at radius 3 is 2.74 bits per heavy atom. The predicted octanol–water partition coefficient (Wildman–Crippen LogP) is 3.14.